The molecule has 0 aromatic heterocycles. The number of esters is 1. The van der Waals surface area contributed by atoms with Gasteiger partial charge in [-0.2, -0.15) is 0 Å². The quantitative estimate of drug-likeness (QED) is 0.0350. The van der Waals surface area contributed by atoms with Crippen LogP contribution >= 0.6 is 41.6 Å². The Morgan fingerprint density at radius 3 is 0.975 bits per heavy atom. The van der Waals surface area contributed by atoms with Gasteiger partial charge in [0.25, 0.3) is 0 Å². The topological polar surface area (TPSA) is 128 Å². The predicted octanol–water partition coefficient (Wildman–Crippen LogP) is 15.4. The maximum absolute atomic E-state index is 12.7. The molecule has 0 aliphatic rings. The molecule has 0 bridgehead atoms. The van der Waals surface area contributed by atoms with Gasteiger partial charge in [0.2, 0.25) is 0 Å². The third-order valence-electron chi connectivity index (χ3n) is 12.9. The second-order valence-corrected chi connectivity index (χ2v) is 35.3. The van der Waals surface area contributed by atoms with E-state index in [0.29, 0.717) is 17.5 Å². The number of nitrogens with two attached hydrogens (primary N) is 2. The third-order valence-corrected chi connectivity index (χ3v) is 31.9. The van der Waals surface area contributed by atoms with E-state index in [1.165, 1.54) is 31.8 Å². The first-order chi connectivity index (χ1) is 38.4. The van der Waals surface area contributed by atoms with Crippen LogP contribution in [0.2, 0.25) is 0 Å². The standard InChI is InChI=1S/C30H29BrNO3P.C25H23BrNP.C7H9NO.3C2H6/c1-2-35-30(34)22-29(33)32-28-21-13-12-14-24(28)23-36(31,25-15-6-3-7-16-25,26-17-8-4-9-18-26)27-19-10-5-11-20-27;26-28(22-13-4-1-5-14-22,23-15-6-2-7-16-23,24-17-8-3-9-18-24)20-21-12-10-11-19-25(21)27;8-7-4-2-1-3-6(7)5-9;3*1-2/h3-21H,2,22-23H2,1H3,(H,32,33);1-19H,20,27H2;1-4,9H,5,8H2;3*1-2H3. The summed E-state index contributed by atoms with van der Waals surface area (Å²) in [6.45, 7) is 14.0. The Bertz CT molecular complexity index is 3000. The fourth-order valence-corrected chi connectivity index (χ4v) is 24.6. The summed E-state index contributed by atoms with van der Waals surface area (Å²) in [4.78, 5) is 24.6. The zero-order valence-electron chi connectivity index (χ0n) is 46.8. The zero-order chi connectivity index (χ0) is 57.6. The van der Waals surface area contributed by atoms with E-state index in [9.17, 15) is 9.59 Å². The normalized spacial score (nSPS) is 11.4. The van der Waals surface area contributed by atoms with Crippen LogP contribution in [0.5, 0.6) is 0 Å². The average Bonchev–Trinajstić information content (AvgIpc) is 3.70. The Kier molecular flexibility index (Phi) is 26.6. The van der Waals surface area contributed by atoms with Crippen molar-refractivity contribution in [2.45, 2.75) is 73.8 Å². The van der Waals surface area contributed by atoms with Gasteiger partial charge in [-0.3, -0.25) is 0 Å². The maximum atomic E-state index is 12.7. The summed E-state index contributed by atoms with van der Waals surface area (Å²) >= 11 is 8.92. The number of halogens is 2. The predicted molar refractivity (Wildman–Crippen MR) is 354 cm³/mol. The van der Waals surface area contributed by atoms with Gasteiger partial charge < -0.3 is 10.8 Å². The summed E-state index contributed by atoms with van der Waals surface area (Å²) in [7, 11) is 0. The van der Waals surface area contributed by atoms with E-state index in [0.717, 1.165) is 28.5 Å². The van der Waals surface area contributed by atoms with Crippen molar-refractivity contribution in [1.82, 2.24) is 0 Å². The molecule has 0 atom stereocenters. The van der Waals surface area contributed by atoms with Crippen LogP contribution in [0.4, 0.5) is 17.1 Å². The molecule has 79 heavy (non-hydrogen) atoms. The molecule has 6 N–H and O–H groups in total. The molecule has 7 nitrogen and oxygen atoms in total. The van der Waals surface area contributed by atoms with E-state index in [-0.39, 0.29) is 19.6 Å². The fourth-order valence-electron chi connectivity index (χ4n) is 9.19. The SMILES string of the molecule is CC.CC.CC.CCOC(=O)CC(=O)Nc1ccccc1CP(Br)(c1ccccc1)(c1ccccc1)c1ccccc1.Nc1ccccc1CO.Nc1ccccc1CP(Br)(c1ccccc1)(c1ccccc1)c1ccccc1. The summed E-state index contributed by atoms with van der Waals surface area (Å²) in [5.74, 6) is -0.930. The second kappa shape index (κ2) is 32.4. The van der Waals surface area contributed by atoms with Crippen molar-refractivity contribution in [3.05, 3.63) is 271 Å². The van der Waals surface area contributed by atoms with Crippen LogP contribution < -0.4 is 48.6 Å². The summed E-state index contributed by atoms with van der Waals surface area (Å²) in [6, 6.07) is 87.2. The molecular formula is C68H79Br2N3O4P2. The molecule has 0 aliphatic carbocycles. The molecule has 0 radical (unpaired) electrons. The van der Waals surface area contributed by atoms with Crippen molar-refractivity contribution in [2.75, 3.05) is 23.4 Å². The van der Waals surface area contributed by atoms with Crippen molar-refractivity contribution in [3.63, 3.8) is 0 Å². The van der Waals surface area contributed by atoms with Gasteiger partial charge in [0.05, 0.1) is 6.61 Å². The van der Waals surface area contributed by atoms with Crippen LogP contribution in [0.15, 0.2) is 255 Å². The number of aliphatic hydroxyl groups excluding tert-OH is 1. The number of ether oxygens (including phenoxy) is 1. The summed E-state index contributed by atoms with van der Waals surface area (Å²) in [5, 5.41) is 12.8. The number of rotatable bonds is 15. The Labute approximate surface area is 487 Å². The third kappa shape index (κ3) is 15.8. The molecule has 0 saturated heterocycles. The van der Waals surface area contributed by atoms with Gasteiger partial charge in [-0.05, 0) is 6.07 Å². The van der Waals surface area contributed by atoms with E-state index in [4.69, 9.17) is 21.3 Å². The first kappa shape index (κ1) is 64.8. The van der Waals surface area contributed by atoms with Gasteiger partial charge in [-0.25, -0.2) is 0 Å². The molecular weight excluding hydrogens is 1140 g/mol. The first-order valence-electron chi connectivity index (χ1n) is 27.0. The second-order valence-electron chi connectivity index (χ2n) is 17.4. The molecule has 9 aromatic carbocycles. The number of nitrogens with one attached hydrogen (secondary N) is 1. The molecule has 0 spiro atoms. The van der Waals surface area contributed by atoms with Crippen molar-refractivity contribution in [2.24, 2.45) is 0 Å². The Hall–Kier alpha value is -6.70. The van der Waals surface area contributed by atoms with Crippen LogP contribution in [-0.2, 0) is 33.3 Å². The van der Waals surface area contributed by atoms with Gasteiger partial charge in [0.15, 0.2) is 0 Å². The van der Waals surface area contributed by atoms with Crippen LogP contribution in [0, 0.1) is 0 Å². The molecule has 11 heteroatoms. The van der Waals surface area contributed by atoms with E-state index >= 15 is 0 Å². The van der Waals surface area contributed by atoms with Crippen molar-refractivity contribution >= 4 is 102 Å². The number of amides is 1. The summed E-state index contributed by atoms with van der Waals surface area (Å²) < 4.78 is 4.95. The molecule has 9 rings (SSSR count). The minimum absolute atomic E-state index is 0.0205. The number of hydrogen-bond donors (Lipinski definition) is 4. The Morgan fingerprint density at radius 2 is 0.684 bits per heavy atom. The molecule has 0 heterocycles. The number of aliphatic hydroxyl groups is 1. The van der Waals surface area contributed by atoms with Crippen LogP contribution in [0.25, 0.3) is 0 Å². The number of carbonyl (C=O) groups excluding carboxylic acids is 2. The number of nitrogen functional groups attached to an aromatic ring is 2. The fraction of sp³-hybridized carbons (Fsp3) is 0.176. The van der Waals surface area contributed by atoms with Gasteiger partial charge >= 0.3 is 396 Å². The average molecular weight is 1220 g/mol. The van der Waals surface area contributed by atoms with Crippen molar-refractivity contribution in [1.29, 1.82) is 0 Å². The Morgan fingerprint density at radius 1 is 0.418 bits per heavy atom. The Balaban J connectivity index is 0.000000276. The number of hydrogen-bond acceptors (Lipinski definition) is 6. The molecule has 0 unspecified atom stereocenters. The van der Waals surface area contributed by atoms with Gasteiger partial charge in [-0.15, -0.1) is 0 Å². The number of benzene rings is 9. The minimum atomic E-state index is -3.24. The van der Waals surface area contributed by atoms with Gasteiger partial charge in [0.1, 0.15) is 0 Å². The summed E-state index contributed by atoms with van der Waals surface area (Å²) in [5.41, 5.74) is 17.0. The number of para-hydroxylation sites is 3. The number of anilines is 3. The monoisotopic (exact) mass is 1220 g/mol. The summed E-state index contributed by atoms with van der Waals surface area (Å²) in [6.07, 6.45) is 1.12. The zero-order valence-corrected chi connectivity index (χ0v) is 51.7. The molecule has 0 saturated carbocycles. The number of carbonyl (C=O) groups is 2. The molecule has 9 aromatic rings. The molecule has 414 valence electrons. The van der Waals surface area contributed by atoms with E-state index in [2.05, 4.69) is 212 Å². The molecule has 0 fully saturated rings. The van der Waals surface area contributed by atoms with E-state index in [1.54, 1.807) is 19.1 Å². The van der Waals surface area contributed by atoms with Crippen molar-refractivity contribution < 1.29 is 19.4 Å². The van der Waals surface area contributed by atoms with Crippen molar-refractivity contribution in [3.8, 4) is 0 Å². The molecule has 0 aliphatic heterocycles. The van der Waals surface area contributed by atoms with Crippen LogP contribution in [0.3, 0.4) is 0 Å². The van der Waals surface area contributed by atoms with Gasteiger partial charge in [0, 0.05) is 11.3 Å². The van der Waals surface area contributed by atoms with E-state index < -0.39 is 22.5 Å². The van der Waals surface area contributed by atoms with Crippen LogP contribution in [-0.4, -0.2) is 23.6 Å². The van der Waals surface area contributed by atoms with E-state index in [1.807, 2.05) is 108 Å². The van der Waals surface area contributed by atoms with Crippen LogP contribution in [0.1, 0.15) is 71.6 Å². The first-order valence-corrected chi connectivity index (χ1v) is 35.9. The molecule has 1 amide bonds. The van der Waals surface area contributed by atoms with Gasteiger partial charge in [-0.1, -0.05) is 59.7 Å².